The Kier molecular flexibility index (Phi) is 4.96. The average Bonchev–Trinajstić information content (AvgIpc) is 2.37. The summed E-state index contributed by atoms with van der Waals surface area (Å²) in [6, 6.07) is 8.24. The second-order valence-electron chi connectivity index (χ2n) is 2.92. The van der Waals surface area contributed by atoms with Gasteiger partial charge in [0.15, 0.2) is 0 Å². The van der Waals surface area contributed by atoms with Crippen molar-refractivity contribution in [1.29, 1.82) is 0 Å². The molecular formula is C9H14N3O4P. The predicted octanol–water partition coefficient (Wildman–Crippen LogP) is 1.71. The summed E-state index contributed by atoms with van der Waals surface area (Å²) in [4.78, 5) is 11.3. The molecule has 0 aliphatic heterocycles. The second-order valence-corrected chi connectivity index (χ2v) is 4.87. The Labute approximate surface area is 99.1 Å². The first-order valence-corrected chi connectivity index (χ1v) is 6.25. The van der Waals surface area contributed by atoms with Crippen LogP contribution in [0.2, 0.25) is 0 Å². The topological polar surface area (TPSA) is 88.7 Å². The van der Waals surface area contributed by atoms with E-state index in [1.807, 2.05) is 6.07 Å². The van der Waals surface area contributed by atoms with E-state index in [1.54, 1.807) is 24.3 Å². The Hall–Kier alpha value is -1.56. The van der Waals surface area contributed by atoms with Gasteiger partial charge in [0.05, 0.1) is 5.69 Å². The van der Waals surface area contributed by atoms with Gasteiger partial charge in [0, 0.05) is 14.2 Å². The van der Waals surface area contributed by atoms with Gasteiger partial charge in [-0.3, -0.25) is 19.9 Å². The van der Waals surface area contributed by atoms with Crippen LogP contribution in [0.5, 0.6) is 0 Å². The van der Waals surface area contributed by atoms with Crippen LogP contribution in [0.25, 0.3) is 0 Å². The molecule has 17 heavy (non-hydrogen) atoms. The summed E-state index contributed by atoms with van der Waals surface area (Å²) < 4.78 is 20.6. The quantitative estimate of drug-likeness (QED) is 0.553. The number of benzene rings is 1. The number of nitrogens with one attached hydrogen (secondary N) is 3. The van der Waals surface area contributed by atoms with E-state index < -0.39 is 13.8 Å². The maximum Gasteiger partial charge on any atom is 0.435 e. The first-order chi connectivity index (χ1) is 8.09. The monoisotopic (exact) mass is 259 g/mol. The zero-order chi connectivity index (χ0) is 12.7. The van der Waals surface area contributed by atoms with Gasteiger partial charge in [-0.15, -0.1) is 0 Å². The zero-order valence-corrected chi connectivity index (χ0v) is 10.4. The molecule has 94 valence electrons. The molecule has 0 fully saturated rings. The lowest BCUT2D eigenvalue weighted by Gasteiger charge is -2.15. The van der Waals surface area contributed by atoms with E-state index in [9.17, 15) is 9.36 Å². The lowest BCUT2D eigenvalue weighted by molar-refractivity contribution is 0.235. The summed E-state index contributed by atoms with van der Waals surface area (Å²) in [6.07, 6.45) is 0. The standard InChI is InChI=1S/C9H14N3O4P/c1-15-17(14,16-2)12-9(13)11-10-8-6-4-3-5-7-8/h3-7,10H,1-2H3,(H2,11,12,13,14). The van der Waals surface area contributed by atoms with Crippen LogP contribution in [-0.4, -0.2) is 20.3 Å². The van der Waals surface area contributed by atoms with Crippen molar-refractivity contribution in [1.82, 2.24) is 10.5 Å². The molecule has 0 heterocycles. The zero-order valence-electron chi connectivity index (χ0n) is 9.47. The number of hydrogen-bond donors (Lipinski definition) is 3. The van der Waals surface area contributed by atoms with Gasteiger partial charge in [-0.1, -0.05) is 18.2 Å². The van der Waals surface area contributed by atoms with Crippen molar-refractivity contribution in [3.63, 3.8) is 0 Å². The molecule has 0 spiro atoms. The van der Waals surface area contributed by atoms with Crippen LogP contribution in [0.3, 0.4) is 0 Å². The molecule has 0 aromatic heterocycles. The molecule has 0 aliphatic carbocycles. The fourth-order valence-corrected chi connectivity index (χ4v) is 1.60. The molecule has 1 rings (SSSR count). The SMILES string of the molecule is COP(=O)(NC(=O)NNc1ccccc1)OC. The van der Waals surface area contributed by atoms with E-state index in [2.05, 4.69) is 25.0 Å². The minimum absolute atomic E-state index is 0.687. The molecule has 0 radical (unpaired) electrons. The summed E-state index contributed by atoms with van der Waals surface area (Å²) in [5.74, 6) is 0. The number of urea groups is 1. The number of amides is 2. The van der Waals surface area contributed by atoms with Crippen LogP contribution < -0.4 is 15.9 Å². The summed E-state index contributed by atoms with van der Waals surface area (Å²) in [5, 5.41) is 2.06. The van der Waals surface area contributed by atoms with E-state index in [-0.39, 0.29) is 0 Å². The number of carbonyl (C=O) groups is 1. The lowest BCUT2D eigenvalue weighted by Crippen LogP contribution is -2.37. The smallest absolute Gasteiger partial charge is 0.297 e. The van der Waals surface area contributed by atoms with Crippen LogP contribution in [0.15, 0.2) is 30.3 Å². The van der Waals surface area contributed by atoms with Gasteiger partial charge in [0.1, 0.15) is 0 Å². The summed E-state index contributed by atoms with van der Waals surface area (Å²) in [5.41, 5.74) is 5.60. The molecule has 0 saturated heterocycles. The van der Waals surface area contributed by atoms with E-state index >= 15 is 0 Å². The van der Waals surface area contributed by atoms with E-state index in [0.717, 1.165) is 0 Å². The van der Waals surface area contributed by atoms with Crippen molar-refractivity contribution >= 4 is 19.5 Å². The largest absolute Gasteiger partial charge is 0.435 e. The number of hydrazine groups is 1. The molecule has 0 unspecified atom stereocenters. The van der Waals surface area contributed by atoms with E-state index in [1.165, 1.54) is 14.2 Å². The Balaban J connectivity index is 2.43. The Bertz CT molecular complexity index is 404. The number of para-hydroxylation sites is 1. The molecule has 0 bridgehead atoms. The Morgan fingerprint density at radius 3 is 2.29 bits per heavy atom. The van der Waals surface area contributed by atoms with Crippen LogP contribution in [0, 0.1) is 0 Å². The van der Waals surface area contributed by atoms with Crippen LogP contribution in [-0.2, 0) is 13.6 Å². The molecule has 8 heteroatoms. The number of hydrogen-bond acceptors (Lipinski definition) is 5. The third kappa shape index (κ3) is 4.44. The van der Waals surface area contributed by atoms with Crippen molar-refractivity contribution in [3.05, 3.63) is 30.3 Å². The van der Waals surface area contributed by atoms with E-state index in [0.29, 0.717) is 5.69 Å². The average molecular weight is 259 g/mol. The number of anilines is 1. The summed E-state index contributed by atoms with van der Waals surface area (Å²) in [7, 11) is -1.21. The highest BCUT2D eigenvalue weighted by molar-refractivity contribution is 7.52. The highest BCUT2D eigenvalue weighted by atomic mass is 31.2. The van der Waals surface area contributed by atoms with Gasteiger partial charge in [0.25, 0.3) is 0 Å². The minimum atomic E-state index is -3.56. The third-order valence-electron chi connectivity index (χ3n) is 1.81. The van der Waals surface area contributed by atoms with Gasteiger partial charge in [-0.25, -0.2) is 14.4 Å². The van der Waals surface area contributed by atoms with Gasteiger partial charge in [-0.2, -0.15) is 0 Å². The van der Waals surface area contributed by atoms with Crippen molar-refractivity contribution < 1.29 is 18.4 Å². The summed E-state index contributed by atoms with van der Waals surface area (Å²) >= 11 is 0. The first-order valence-electron chi connectivity index (χ1n) is 4.70. The Morgan fingerprint density at radius 2 is 1.76 bits per heavy atom. The molecule has 7 nitrogen and oxygen atoms in total. The maximum atomic E-state index is 11.5. The fraction of sp³-hybridized carbons (Fsp3) is 0.222. The molecule has 0 aliphatic rings. The highest BCUT2D eigenvalue weighted by Gasteiger charge is 2.23. The van der Waals surface area contributed by atoms with Crippen molar-refractivity contribution in [2.75, 3.05) is 19.6 Å². The van der Waals surface area contributed by atoms with E-state index in [4.69, 9.17) is 0 Å². The second kappa shape index (κ2) is 6.24. The lowest BCUT2D eigenvalue weighted by atomic mass is 10.3. The van der Waals surface area contributed by atoms with Crippen LogP contribution in [0.1, 0.15) is 0 Å². The van der Waals surface area contributed by atoms with Crippen LogP contribution >= 0.6 is 7.75 Å². The normalized spacial score (nSPS) is 10.7. The van der Waals surface area contributed by atoms with Crippen molar-refractivity contribution in [2.45, 2.75) is 0 Å². The minimum Gasteiger partial charge on any atom is -0.297 e. The predicted molar refractivity (Wildman–Crippen MR) is 63.4 cm³/mol. The molecule has 0 atom stereocenters. The third-order valence-corrected chi connectivity index (χ3v) is 3.25. The molecule has 3 N–H and O–H groups in total. The molecule has 2 amide bonds. The Morgan fingerprint density at radius 1 is 1.18 bits per heavy atom. The summed E-state index contributed by atoms with van der Waals surface area (Å²) in [6.45, 7) is 0. The van der Waals surface area contributed by atoms with Crippen LogP contribution in [0.4, 0.5) is 10.5 Å². The van der Waals surface area contributed by atoms with Gasteiger partial charge < -0.3 is 0 Å². The first kappa shape index (κ1) is 13.5. The molecular weight excluding hydrogens is 245 g/mol. The number of rotatable bonds is 5. The van der Waals surface area contributed by atoms with Gasteiger partial charge in [0.2, 0.25) is 0 Å². The van der Waals surface area contributed by atoms with Gasteiger partial charge in [-0.05, 0) is 12.1 Å². The maximum absolute atomic E-state index is 11.5. The highest BCUT2D eigenvalue weighted by Crippen LogP contribution is 2.40. The molecule has 1 aromatic carbocycles. The number of carbonyl (C=O) groups excluding carboxylic acids is 1. The molecule has 1 aromatic rings. The fourth-order valence-electron chi connectivity index (χ4n) is 0.969. The van der Waals surface area contributed by atoms with Gasteiger partial charge >= 0.3 is 13.8 Å². The van der Waals surface area contributed by atoms with Crippen molar-refractivity contribution in [3.8, 4) is 0 Å². The van der Waals surface area contributed by atoms with Crippen molar-refractivity contribution in [2.24, 2.45) is 0 Å². The molecule has 0 saturated carbocycles.